The number of hydrogen-bond acceptors (Lipinski definition) is 3. The van der Waals surface area contributed by atoms with Crippen molar-refractivity contribution in [3.05, 3.63) is 60.0 Å². The van der Waals surface area contributed by atoms with Gasteiger partial charge in [0.25, 0.3) is 5.91 Å². The van der Waals surface area contributed by atoms with Crippen LogP contribution in [-0.2, 0) is 0 Å². The number of aliphatic hydroxyl groups is 2. The molecule has 0 radical (unpaired) electrons. The highest BCUT2D eigenvalue weighted by atomic mass is 19.1. The van der Waals surface area contributed by atoms with Gasteiger partial charge in [-0.2, -0.15) is 0 Å². The van der Waals surface area contributed by atoms with Crippen molar-refractivity contribution in [3.63, 3.8) is 0 Å². The summed E-state index contributed by atoms with van der Waals surface area (Å²) < 4.78 is 13.1. The minimum atomic E-state index is -0.680. The molecule has 0 saturated heterocycles. The molecule has 136 valence electrons. The molecule has 0 aliphatic rings. The average Bonchev–Trinajstić information content (AvgIpc) is 3.08. The topological polar surface area (TPSA) is 85.3 Å². The molecule has 1 heterocycles. The van der Waals surface area contributed by atoms with Gasteiger partial charge in [-0.3, -0.25) is 4.79 Å². The summed E-state index contributed by atoms with van der Waals surface area (Å²) >= 11 is 0. The fourth-order valence-electron chi connectivity index (χ4n) is 2.81. The molecule has 0 saturated carbocycles. The van der Waals surface area contributed by atoms with Crippen molar-refractivity contribution in [1.82, 2.24) is 10.3 Å². The standard InChI is InChI=1S/C20H21FN2O3/c21-16-7-5-13(6-8-16)14-3-4-15-11-19(23-18(15)10-14)20(26)22-12-17(25)2-1-9-24/h3-8,10-11,17,23-25H,1-2,9,12H2,(H,22,26). The molecule has 26 heavy (non-hydrogen) atoms. The summed E-state index contributed by atoms with van der Waals surface area (Å²) in [5, 5.41) is 22.1. The molecular formula is C20H21FN2O3. The number of nitrogens with one attached hydrogen (secondary N) is 2. The van der Waals surface area contributed by atoms with Crippen LogP contribution in [0.25, 0.3) is 22.0 Å². The monoisotopic (exact) mass is 356 g/mol. The summed E-state index contributed by atoms with van der Waals surface area (Å²) in [5.74, 6) is -0.581. The van der Waals surface area contributed by atoms with Crippen molar-refractivity contribution in [2.24, 2.45) is 0 Å². The second-order valence-electron chi connectivity index (χ2n) is 6.22. The predicted molar refractivity (Wildman–Crippen MR) is 98.4 cm³/mol. The van der Waals surface area contributed by atoms with Crippen molar-refractivity contribution >= 4 is 16.8 Å². The Morgan fingerprint density at radius 2 is 1.85 bits per heavy atom. The molecule has 3 aromatic rings. The van der Waals surface area contributed by atoms with Gasteiger partial charge in [0.1, 0.15) is 11.5 Å². The number of fused-ring (bicyclic) bond motifs is 1. The second kappa shape index (κ2) is 8.12. The zero-order chi connectivity index (χ0) is 18.5. The first-order valence-corrected chi connectivity index (χ1v) is 8.52. The van der Waals surface area contributed by atoms with Gasteiger partial charge in [-0.1, -0.05) is 24.3 Å². The fraction of sp³-hybridized carbons (Fsp3) is 0.250. The summed E-state index contributed by atoms with van der Waals surface area (Å²) in [6, 6.07) is 13.7. The maximum Gasteiger partial charge on any atom is 0.267 e. The largest absolute Gasteiger partial charge is 0.396 e. The van der Waals surface area contributed by atoms with Crippen molar-refractivity contribution in [1.29, 1.82) is 0 Å². The van der Waals surface area contributed by atoms with Gasteiger partial charge in [0.15, 0.2) is 0 Å². The number of carbonyl (C=O) groups is 1. The maximum absolute atomic E-state index is 13.1. The first-order chi connectivity index (χ1) is 12.6. The van der Waals surface area contributed by atoms with Gasteiger partial charge in [0, 0.05) is 24.1 Å². The lowest BCUT2D eigenvalue weighted by molar-refractivity contribution is 0.0900. The highest BCUT2D eigenvalue weighted by Gasteiger charge is 2.12. The fourth-order valence-corrected chi connectivity index (χ4v) is 2.81. The zero-order valence-electron chi connectivity index (χ0n) is 14.2. The van der Waals surface area contributed by atoms with Gasteiger partial charge in [-0.15, -0.1) is 0 Å². The summed E-state index contributed by atoms with van der Waals surface area (Å²) in [4.78, 5) is 15.3. The average molecular weight is 356 g/mol. The third kappa shape index (κ3) is 4.28. The van der Waals surface area contributed by atoms with Crippen LogP contribution in [0.1, 0.15) is 23.3 Å². The molecule has 6 heteroatoms. The van der Waals surface area contributed by atoms with E-state index in [2.05, 4.69) is 10.3 Å². The van der Waals surface area contributed by atoms with E-state index >= 15 is 0 Å². The number of aromatic amines is 1. The number of rotatable bonds is 7. The molecule has 0 aliphatic heterocycles. The van der Waals surface area contributed by atoms with Gasteiger partial charge in [-0.25, -0.2) is 4.39 Å². The van der Waals surface area contributed by atoms with Crippen LogP contribution in [0.5, 0.6) is 0 Å². The third-order valence-electron chi connectivity index (χ3n) is 4.24. The number of H-pyrrole nitrogens is 1. The number of amides is 1. The molecular weight excluding hydrogens is 335 g/mol. The molecule has 3 rings (SSSR count). The van der Waals surface area contributed by atoms with E-state index in [1.165, 1.54) is 12.1 Å². The molecule has 0 spiro atoms. The Balaban J connectivity index is 1.72. The van der Waals surface area contributed by atoms with Crippen LogP contribution in [0.4, 0.5) is 4.39 Å². The van der Waals surface area contributed by atoms with Gasteiger partial charge in [0.2, 0.25) is 0 Å². The Hall–Kier alpha value is -2.70. The summed E-state index contributed by atoms with van der Waals surface area (Å²) in [7, 11) is 0. The minimum Gasteiger partial charge on any atom is -0.396 e. The number of aromatic nitrogens is 1. The van der Waals surface area contributed by atoms with Gasteiger partial charge in [0.05, 0.1) is 6.10 Å². The third-order valence-corrected chi connectivity index (χ3v) is 4.24. The van der Waals surface area contributed by atoms with Crippen LogP contribution >= 0.6 is 0 Å². The van der Waals surface area contributed by atoms with Gasteiger partial charge >= 0.3 is 0 Å². The Morgan fingerprint density at radius 1 is 1.12 bits per heavy atom. The molecule has 0 fully saturated rings. The first-order valence-electron chi connectivity index (χ1n) is 8.52. The van der Waals surface area contributed by atoms with E-state index in [9.17, 15) is 14.3 Å². The summed E-state index contributed by atoms with van der Waals surface area (Å²) in [5.41, 5.74) is 3.02. The quantitative estimate of drug-likeness (QED) is 0.525. The van der Waals surface area contributed by atoms with E-state index in [0.717, 1.165) is 22.0 Å². The molecule has 5 nitrogen and oxygen atoms in total. The van der Waals surface area contributed by atoms with Crippen molar-refractivity contribution in [3.8, 4) is 11.1 Å². The van der Waals surface area contributed by atoms with Crippen LogP contribution in [0.3, 0.4) is 0 Å². The van der Waals surface area contributed by atoms with Crippen LogP contribution in [-0.4, -0.2) is 40.4 Å². The van der Waals surface area contributed by atoms with Crippen LogP contribution in [0.2, 0.25) is 0 Å². The highest BCUT2D eigenvalue weighted by Crippen LogP contribution is 2.25. The Bertz CT molecular complexity index is 890. The lowest BCUT2D eigenvalue weighted by Crippen LogP contribution is -2.32. The molecule has 1 atom stereocenters. The lowest BCUT2D eigenvalue weighted by atomic mass is 10.0. The van der Waals surface area contributed by atoms with Gasteiger partial charge < -0.3 is 20.5 Å². The molecule has 1 unspecified atom stereocenters. The number of carbonyl (C=O) groups excluding carboxylic acids is 1. The summed E-state index contributed by atoms with van der Waals surface area (Å²) in [6.45, 7) is 0.151. The van der Waals surface area contributed by atoms with E-state index in [1.54, 1.807) is 18.2 Å². The molecule has 0 aliphatic carbocycles. The van der Waals surface area contributed by atoms with E-state index in [0.29, 0.717) is 18.5 Å². The second-order valence-corrected chi connectivity index (χ2v) is 6.22. The number of halogens is 1. The maximum atomic E-state index is 13.1. The van der Waals surface area contributed by atoms with E-state index in [4.69, 9.17) is 5.11 Å². The number of aliphatic hydroxyl groups excluding tert-OH is 2. The van der Waals surface area contributed by atoms with E-state index < -0.39 is 6.10 Å². The lowest BCUT2D eigenvalue weighted by Gasteiger charge is -2.10. The van der Waals surface area contributed by atoms with E-state index in [1.807, 2.05) is 18.2 Å². The number of hydrogen-bond donors (Lipinski definition) is 4. The Kier molecular flexibility index (Phi) is 5.65. The molecule has 0 bridgehead atoms. The molecule has 2 aromatic carbocycles. The molecule has 1 aromatic heterocycles. The van der Waals surface area contributed by atoms with Crippen LogP contribution < -0.4 is 5.32 Å². The highest BCUT2D eigenvalue weighted by molar-refractivity contribution is 5.98. The molecule has 4 N–H and O–H groups in total. The minimum absolute atomic E-state index is 0.0173. The van der Waals surface area contributed by atoms with Crippen LogP contribution in [0.15, 0.2) is 48.5 Å². The van der Waals surface area contributed by atoms with Gasteiger partial charge in [-0.05, 0) is 48.2 Å². The molecule has 1 amide bonds. The van der Waals surface area contributed by atoms with Crippen molar-refractivity contribution in [2.45, 2.75) is 18.9 Å². The predicted octanol–water partition coefficient (Wildman–Crippen LogP) is 2.84. The zero-order valence-corrected chi connectivity index (χ0v) is 14.2. The summed E-state index contributed by atoms with van der Waals surface area (Å²) in [6.07, 6.45) is 0.251. The first kappa shape index (κ1) is 18.1. The number of benzene rings is 2. The smallest absolute Gasteiger partial charge is 0.267 e. The normalized spacial score (nSPS) is 12.3. The Morgan fingerprint density at radius 3 is 2.58 bits per heavy atom. The SMILES string of the molecule is O=C(NCC(O)CCCO)c1cc2ccc(-c3ccc(F)cc3)cc2[nH]1. The van der Waals surface area contributed by atoms with Crippen molar-refractivity contribution < 1.29 is 19.4 Å². The van der Waals surface area contributed by atoms with Crippen LogP contribution in [0, 0.1) is 5.82 Å². The van der Waals surface area contributed by atoms with E-state index in [-0.39, 0.29) is 24.9 Å². The Labute approximate surface area is 150 Å². The van der Waals surface area contributed by atoms with Crippen molar-refractivity contribution in [2.75, 3.05) is 13.2 Å².